The number of H-pyrrole nitrogens is 1. The number of likely N-dealkylation sites (tertiary alicyclic amines) is 1. The number of halogens is 1. The van der Waals surface area contributed by atoms with Crippen molar-refractivity contribution in [1.82, 2.24) is 15.2 Å². The van der Waals surface area contributed by atoms with Gasteiger partial charge in [-0.25, -0.2) is 9.18 Å². The second kappa shape index (κ2) is 10.7. The van der Waals surface area contributed by atoms with Crippen molar-refractivity contribution in [2.45, 2.75) is 56.5 Å². The molecule has 5 rings (SSSR count). The summed E-state index contributed by atoms with van der Waals surface area (Å²) in [6.45, 7) is 1.10. The Labute approximate surface area is 210 Å². The van der Waals surface area contributed by atoms with Crippen molar-refractivity contribution in [3.8, 4) is 0 Å². The SMILES string of the molecule is NC(=O)C(NC1CCC(c2c[nH]c3ccccc23)CC1)C1CCN(C(=O)Nc2ccc(F)cc2)CC1. The van der Waals surface area contributed by atoms with Gasteiger partial charge < -0.3 is 26.3 Å². The Bertz CT molecular complexity index is 1190. The number of hydrogen-bond donors (Lipinski definition) is 4. The van der Waals surface area contributed by atoms with Crippen molar-refractivity contribution in [3.63, 3.8) is 0 Å². The second-order valence-corrected chi connectivity index (χ2v) is 10.1. The van der Waals surface area contributed by atoms with E-state index in [9.17, 15) is 14.0 Å². The third-order valence-electron chi connectivity index (χ3n) is 7.90. The lowest BCUT2D eigenvalue weighted by atomic mass is 9.80. The maximum absolute atomic E-state index is 13.1. The van der Waals surface area contributed by atoms with E-state index in [1.807, 2.05) is 0 Å². The number of rotatable bonds is 6. The van der Waals surface area contributed by atoms with E-state index in [4.69, 9.17) is 5.73 Å². The number of benzene rings is 2. The molecule has 2 fully saturated rings. The van der Waals surface area contributed by atoms with Crippen LogP contribution in [0.15, 0.2) is 54.7 Å². The van der Waals surface area contributed by atoms with E-state index >= 15 is 0 Å². The Kier molecular flexibility index (Phi) is 7.23. The summed E-state index contributed by atoms with van der Waals surface area (Å²) in [7, 11) is 0. The van der Waals surface area contributed by atoms with E-state index in [1.165, 1.54) is 28.6 Å². The van der Waals surface area contributed by atoms with Crippen LogP contribution in [0.25, 0.3) is 10.9 Å². The standard InChI is InChI=1S/C28H34FN5O2/c29-20-7-11-22(12-8-20)33-28(36)34-15-13-19(14-16-34)26(27(30)35)32-21-9-5-18(6-10-21)24-17-31-25-4-2-1-3-23(24)25/h1-4,7-8,11-12,17-19,21,26,31-32H,5-6,9-10,13-16H2,(H2,30,35)(H,33,36). The summed E-state index contributed by atoms with van der Waals surface area (Å²) in [5.41, 5.74) is 8.96. The molecule has 1 atom stereocenters. The normalized spacial score (nSPS) is 21.9. The van der Waals surface area contributed by atoms with Gasteiger partial charge in [0.2, 0.25) is 5.91 Å². The molecule has 0 bridgehead atoms. The van der Waals surface area contributed by atoms with E-state index in [1.54, 1.807) is 17.0 Å². The number of aromatic amines is 1. The van der Waals surface area contributed by atoms with Crippen LogP contribution in [-0.2, 0) is 4.79 Å². The molecule has 2 aliphatic rings. The molecule has 1 unspecified atom stereocenters. The smallest absolute Gasteiger partial charge is 0.321 e. The minimum atomic E-state index is -0.387. The molecular weight excluding hydrogens is 457 g/mol. The number of primary amides is 1. The maximum atomic E-state index is 13.1. The molecule has 0 spiro atoms. The van der Waals surface area contributed by atoms with Gasteiger partial charge in [-0.3, -0.25) is 4.79 Å². The van der Waals surface area contributed by atoms with Crippen molar-refractivity contribution < 1.29 is 14.0 Å². The average molecular weight is 492 g/mol. The Morgan fingerprint density at radius 1 is 0.972 bits per heavy atom. The molecule has 0 radical (unpaired) electrons. The number of amides is 3. The van der Waals surface area contributed by atoms with Crippen LogP contribution in [-0.4, -0.2) is 47.0 Å². The van der Waals surface area contributed by atoms with Crippen molar-refractivity contribution in [2.24, 2.45) is 11.7 Å². The molecule has 1 saturated heterocycles. The van der Waals surface area contributed by atoms with Gasteiger partial charge in [0.25, 0.3) is 0 Å². The van der Waals surface area contributed by atoms with E-state index in [0.29, 0.717) is 37.5 Å². The highest BCUT2D eigenvalue weighted by Crippen LogP contribution is 2.37. The number of fused-ring (bicyclic) bond motifs is 1. The topological polar surface area (TPSA) is 103 Å². The Hall–Kier alpha value is -3.39. The summed E-state index contributed by atoms with van der Waals surface area (Å²) >= 11 is 0. The van der Waals surface area contributed by atoms with Gasteiger partial charge in [-0.1, -0.05) is 18.2 Å². The van der Waals surface area contributed by atoms with E-state index in [-0.39, 0.29) is 35.8 Å². The van der Waals surface area contributed by atoms with Crippen LogP contribution in [0.1, 0.15) is 50.0 Å². The fourth-order valence-corrected chi connectivity index (χ4v) is 5.88. The Morgan fingerprint density at radius 3 is 2.36 bits per heavy atom. The van der Waals surface area contributed by atoms with Crippen LogP contribution in [0.4, 0.5) is 14.9 Å². The predicted octanol–water partition coefficient (Wildman–Crippen LogP) is 4.72. The zero-order valence-electron chi connectivity index (χ0n) is 20.4. The van der Waals surface area contributed by atoms with Crippen LogP contribution < -0.4 is 16.4 Å². The van der Waals surface area contributed by atoms with Gasteiger partial charge >= 0.3 is 6.03 Å². The summed E-state index contributed by atoms with van der Waals surface area (Å²) in [4.78, 5) is 30.1. The van der Waals surface area contributed by atoms with E-state index in [0.717, 1.165) is 25.7 Å². The van der Waals surface area contributed by atoms with Gasteiger partial charge in [-0.2, -0.15) is 0 Å². The van der Waals surface area contributed by atoms with Gasteiger partial charge in [0, 0.05) is 41.9 Å². The first-order valence-electron chi connectivity index (χ1n) is 12.9. The molecule has 1 aliphatic carbocycles. The first kappa shape index (κ1) is 24.3. The summed E-state index contributed by atoms with van der Waals surface area (Å²) in [5, 5.41) is 7.69. The summed E-state index contributed by atoms with van der Waals surface area (Å²) < 4.78 is 13.1. The number of carbonyl (C=O) groups is 2. The van der Waals surface area contributed by atoms with Gasteiger partial charge in [-0.05, 0) is 86.3 Å². The number of piperidine rings is 1. The molecular formula is C28H34FN5O2. The lowest BCUT2D eigenvalue weighted by molar-refractivity contribution is -0.122. The number of nitrogens with one attached hydrogen (secondary N) is 3. The maximum Gasteiger partial charge on any atom is 0.321 e. The monoisotopic (exact) mass is 491 g/mol. The molecule has 1 aliphatic heterocycles. The summed E-state index contributed by atoms with van der Waals surface area (Å²) in [6.07, 6.45) is 7.74. The van der Waals surface area contributed by atoms with Crippen LogP contribution in [0.2, 0.25) is 0 Å². The second-order valence-electron chi connectivity index (χ2n) is 10.1. The van der Waals surface area contributed by atoms with Gasteiger partial charge in [-0.15, -0.1) is 0 Å². The van der Waals surface area contributed by atoms with Gasteiger partial charge in [0.05, 0.1) is 6.04 Å². The highest BCUT2D eigenvalue weighted by atomic mass is 19.1. The molecule has 190 valence electrons. The molecule has 8 heteroatoms. The minimum absolute atomic E-state index is 0.101. The van der Waals surface area contributed by atoms with Gasteiger partial charge in [0.1, 0.15) is 5.82 Å². The molecule has 36 heavy (non-hydrogen) atoms. The highest BCUT2D eigenvalue weighted by Gasteiger charge is 2.34. The first-order valence-corrected chi connectivity index (χ1v) is 12.9. The third kappa shape index (κ3) is 5.38. The number of carbonyl (C=O) groups excluding carboxylic acids is 2. The zero-order valence-corrected chi connectivity index (χ0v) is 20.4. The number of aromatic nitrogens is 1. The number of hydrogen-bond acceptors (Lipinski definition) is 3. The molecule has 1 aromatic heterocycles. The zero-order chi connectivity index (χ0) is 25.1. The quantitative estimate of drug-likeness (QED) is 0.401. The lowest BCUT2D eigenvalue weighted by Gasteiger charge is -2.38. The molecule has 2 heterocycles. The van der Waals surface area contributed by atoms with Gasteiger partial charge in [0.15, 0.2) is 0 Å². The molecule has 1 saturated carbocycles. The largest absolute Gasteiger partial charge is 0.368 e. The minimum Gasteiger partial charge on any atom is -0.368 e. The molecule has 5 N–H and O–H groups in total. The van der Waals surface area contributed by atoms with Crippen LogP contribution in [0.3, 0.4) is 0 Å². The number of nitrogens with two attached hydrogens (primary N) is 1. The molecule has 2 aromatic carbocycles. The Balaban J connectivity index is 1.12. The van der Waals surface area contributed by atoms with E-state index < -0.39 is 0 Å². The van der Waals surface area contributed by atoms with Crippen LogP contribution in [0.5, 0.6) is 0 Å². The predicted molar refractivity (Wildman–Crippen MR) is 139 cm³/mol. The highest BCUT2D eigenvalue weighted by molar-refractivity contribution is 5.89. The van der Waals surface area contributed by atoms with Crippen molar-refractivity contribution in [1.29, 1.82) is 0 Å². The lowest BCUT2D eigenvalue weighted by Crippen LogP contribution is -2.54. The number of para-hydroxylation sites is 1. The first-order chi connectivity index (χ1) is 17.5. The van der Waals surface area contributed by atoms with Crippen molar-refractivity contribution in [2.75, 3.05) is 18.4 Å². The number of anilines is 1. The van der Waals surface area contributed by atoms with Crippen LogP contribution >= 0.6 is 0 Å². The van der Waals surface area contributed by atoms with Crippen molar-refractivity contribution in [3.05, 3.63) is 66.1 Å². The number of urea groups is 1. The fourth-order valence-electron chi connectivity index (χ4n) is 5.88. The fraction of sp³-hybridized carbons (Fsp3) is 0.429. The number of nitrogens with zero attached hydrogens (tertiary/aromatic N) is 1. The average Bonchev–Trinajstić information content (AvgIpc) is 3.33. The summed E-state index contributed by atoms with van der Waals surface area (Å²) in [5.74, 6) is -0.0361. The Morgan fingerprint density at radius 2 is 1.67 bits per heavy atom. The van der Waals surface area contributed by atoms with Crippen LogP contribution in [0, 0.1) is 11.7 Å². The summed E-state index contributed by atoms with van der Waals surface area (Å²) in [6, 6.07) is 13.8. The van der Waals surface area contributed by atoms with Crippen molar-refractivity contribution >= 4 is 28.5 Å². The third-order valence-corrected chi connectivity index (χ3v) is 7.90. The van der Waals surface area contributed by atoms with E-state index in [2.05, 4.69) is 46.1 Å². The molecule has 3 aromatic rings. The molecule has 3 amide bonds. The molecule has 7 nitrogen and oxygen atoms in total.